The molecule has 7 nitrogen and oxygen atoms in total. The normalized spacial score (nSPS) is 18.3. The molecule has 7 heteroatoms. The first-order valence-electron chi connectivity index (χ1n) is 6.95. The summed E-state index contributed by atoms with van der Waals surface area (Å²) in [4.78, 5) is 23.9. The van der Waals surface area contributed by atoms with Crippen molar-refractivity contribution >= 4 is 17.3 Å². The fraction of sp³-hybridized carbons (Fsp3) is 0.500. The fourth-order valence-electron chi connectivity index (χ4n) is 2.57. The summed E-state index contributed by atoms with van der Waals surface area (Å²) in [5.74, 6) is -0.694. The molecule has 1 aliphatic rings. The van der Waals surface area contributed by atoms with Gasteiger partial charge in [0.15, 0.2) is 5.75 Å². The van der Waals surface area contributed by atoms with Crippen LogP contribution in [0.5, 0.6) is 5.75 Å². The largest absolute Gasteiger partial charge is 0.502 e. The smallest absolute Gasteiger partial charge is 0.328 e. The van der Waals surface area contributed by atoms with Crippen LogP contribution in [0.4, 0.5) is 11.4 Å². The number of phenols is 1. The molecule has 0 amide bonds. The number of nitrogens with zero attached hydrogens (tertiary/aromatic N) is 2. The number of ether oxygens (including phenoxy) is 1. The van der Waals surface area contributed by atoms with E-state index in [1.165, 1.54) is 12.1 Å². The molecule has 1 saturated heterocycles. The van der Waals surface area contributed by atoms with Crippen LogP contribution in [0, 0.1) is 10.1 Å². The standard InChI is InChI=1S/C14H18N2O5/c1-2-21-14(18)12-5-3-4-8-15(12)10-6-7-11(16(19)20)13(17)9-10/h6-7,9,12,17H,2-5,8H2,1H3/t12-/m0/s1. The molecule has 0 radical (unpaired) electrons. The number of rotatable bonds is 4. The second-order valence-corrected chi connectivity index (χ2v) is 4.89. The van der Waals surface area contributed by atoms with Crippen LogP contribution in [0.15, 0.2) is 18.2 Å². The Labute approximate surface area is 122 Å². The predicted molar refractivity (Wildman–Crippen MR) is 76.4 cm³/mol. The van der Waals surface area contributed by atoms with Crippen LogP contribution in [0.25, 0.3) is 0 Å². The van der Waals surface area contributed by atoms with Crippen LogP contribution in [0.2, 0.25) is 0 Å². The Hall–Kier alpha value is -2.31. The van der Waals surface area contributed by atoms with Gasteiger partial charge in [-0.25, -0.2) is 4.79 Å². The molecule has 0 aliphatic carbocycles. The number of carbonyl (C=O) groups is 1. The average Bonchev–Trinajstić information content (AvgIpc) is 2.47. The van der Waals surface area contributed by atoms with Crippen molar-refractivity contribution in [1.29, 1.82) is 0 Å². The zero-order chi connectivity index (χ0) is 15.4. The molecule has 1 atom stereocenters. The van der Waals surface area contributed by atoms with Crippen molar-refractivity contribution in [3.05, 3.63) is 28.3 Å². The molecule has 0 aromatic heterocycles. The maximum atomic E-state index is 12.0. The van der Waals surface area contributed by atoms with E-state index in [2.05, 4.69) is 0 Å². The molecule has 0 bridgehead atoms. The lowest BCUT2D eigenvalue weighted by atomic mass is 10.0. The molecule has 1 aromatic rings. The van der Waals surface area contributed by atoms with Gasteiger partial charge in [-0.1, -0.05) is 0 Å². The molecule has 1 heterocycles. The minimum absolute atomic E-state index is 0.296. The van der Waals surface area contributed by atoms with Gasteiger partial charge in [-0.15, -0.1) is 0 Å². The van der Waals surface area contributed by atoms with Crippen molar-refractivity contribution in [1.82, 2.24) is 0 Å². The summed E-state index contributed by atoms with van der Waals surface area (Å²) in [7, 11) is 0. The lowest BCUT2D eigenvalue weighted by Gasteiger charge is -2.35. The van der Waals surface area contributed by atoms with Crippen LogP contribution < -0.4 is 4.90 Å². The fourth-order valence-corrected chi connectivity index (χ4v) is 2.57. The van der Waals surface area contributed by atoms with Gasteiger partial charge in [-0.3, -0.25) is 10.1 Å². The first-order chi connectivity index (χ1) is 10.0. The second kappa shape index (κ2) is 6.43. The van der Waals surface area contributed by atoms with Gasteiger partial charge in [0.1, 0.15) is 6.04 Å². The van der Waals surface area contributed by atoms with Gasteiger partial charge < -0.3 is 14.7 Å². The third kappa shape index (κ3) is 3.24. The Morgan fingerprint density at radius 2 is 2.29 bits per heavy atom. The average molecular weight is 294 g/mol. The van der Waals surface area contributed by atoms with E-state index < -0.39 is 16.7 Å². The highest BCUT2D eigenvalue weighted by molar-refractivity contribution is 5.80. The quantitative estimate of drug-likeness (QED) is 0.520. The molecule has 1 aromatic carbocycles. The third-order valence-corrected chi connectivity index (χ3v) is 3.55. The van der Waals surface area contributed by atoms with Crippen LogP contribution in [0.1, 0.15) is 26.2 Å². The van der Waals surface area contributed by atoms with E-state index in [1.807, 2.05) is 4.90 Å². The molecule has 1 N–H and O–H groups in total. The summed E-state index contributed by atoms with van der Waals surface area (Å²) in [5, 5.41) is 20.5. The van der Waals surface area contributed by atoms with E-state index in [4.69, 9.17) is 4.74 Å². The Bertz CT molecular complexity index is 546. The van der Waals surface area contributed by atoms with E-state index in [0.29, 0.717) is 25.3 Å². The van der Waals surface area contributed by atoms with Gasteiger partial charge in [0.25, 0.3) is 0 Å². The summed E-state index contributed by atoms with van der Waals surface area (Å²) in [6.45, 7) is 2.72. The number of aromatic hydroxyl groups is 1. The minimum Gasteiger partial charge on any atom is -0.502 e. The number of phenolic OH excluding ortho intramolecular Hbond substituents is 1. The summed E-state index contributed by atoms with van der Waals surface area (Å²) in [5.41, 5.74) is 0.249. The van der Waals surface area contributed by atoms with Gasteiger partial charge in [0, 0.05) is 24.4 Å². The maximum Gasteiger partial charge on any atom is 0.328 e. The Kier molecular flexibility index (Phi) is 4.62. The van der Waals surface area contributed by atoms with Crippen LogP contribution in [-0.2, 0) is 9.53 Å². The zero-order valence-electron chi connectivity index (χ0n) is 11.8. The van der Waals surface area contributed by atoms with Gasteiger partial charge in [-0.05, 0) is 32.3 Å². The highest BCUT2D eigenvalue weighted by atomic mass is 16.6. The lowest BCUT2D eigenvalue weighted by Crippen LogP contribution is -2.45. The molecule has 0 spiro atoms. The van der Waals surface area contributed by atoms with E-state index in [-0.39, 0.29) is 11.7 Å². The number of anilines is 1. The van der Waals surface area contributed by atoms with E-state index in [0.717, 1.165) is 12.8 Å². The van der Waals surface area contributed by atoms with Gasteiger partial charge in [0.2, 0.25) is 0 Å². The zero-order valence-corrected chi connectivity index (χ0v) is 11.8. The molecular weight excluding hydrogens is 276 g/mol. The molecule has 21 heavy (non-hydrogen) atoms. The number of hydrogen-bond donors (Lipinski definition) is 1. The first-order valence-corrected chi connectivity index (χ1v) is 6.95. The number of esters is 1. The SMILES string of the molecule is CCOC(=O)[C@@H]1CCCCN1c1ccc([N+](=O)[O-])c(O)c1. The van der Waals surface area contributed by atoms with Crippen LogP contribution in [0.3, 0.4) is 0 Å². The van der Waals surface area contributed by atoms with Gasteiger partial charge in [0.05, 0.1) is 11.5 Å². The summed E-state index contributed by atoms with van der Waals surface area (Å²) >= 11 is 0. The Balaban J connectivity index is 2.27. The number of nitro groups is 1. The van der Waals surface area contributed by atoms with Crippen molar-refractivity contribution in [2.45, 2.75) is 32.2 Å². The summed E-state index contributed by atoms with van der Waals surface area (Å²) in [6, 6.07) is 3.73. The molecule has 1 aliphatic heterocycles. The highest BCUT2D eigenvalue weighted by Crippen LogP contribution is 2.33. The molecule has 2 rings (SSSR count). The van der Waals surface area contributed by atoms with Crippen molar-refractivity contribution in [3.8, 4) is 5.75 Å². The predicted octanol–water partition coefficient (Wildman–Crippen LogP) is 2.22. The van der Waals surface area contributed by atoms with Crippen molar-refractivity contribution in [2.75, 3.05) is 18.1 Å². The molecule has 1 fully saturated rings. The maximum absolute atomic E-state index is 12.0. The van der Waals surface area contributed by atoms with Crippen LogP contribution in [-0.4, -0.2) is 35.2 Å². The second-order valence-electron chi connectivity index (χ2n) is 4.89. The molecule has 114 valence electrons. The Morgan fingerprint density at radius 1 is 1.52 bits per heavy atom. The van der Waals surface area contributed by atoms with Crippen molar-refractivity contribution < 1.29 is 19.6 Å². The minimum atomic E-state index is -0.641. The van der Waals surface area contributed by atoms with Gasteiger partial charge >= 0.3 is 11.7 Å². The Morgan fingerprint density at radius 3 is 2.90 bits per heavy atom. The van der Waals surface area contributed by atoms with E-state index in [9.17, 15) is 20.0 Å². The number of piperidine rings is 1. The molecule has 0 saturated carbocycles. The number of benzene rings is 1. The summed E-state index contributed by atoms with van der Waals surface area (Å²) in [6.07, 6.45) is 2.53. The topological polar surface area (TPSA) is 92.9 Å². The summed E-state index contributed by atoms with van der Waals surface area (Å²) < 4.78 is 5.07. The van der Waals surface area contributed by atoms with Crippen LogP contribution >= 0.6 is 0 Å². The third-order valence-electron chi connectivity index (χ3n) is 3.55. The first kappa shape index (κ1) is 15.1. The number of nitro benzene ring substituents is 1. The molecule has 0 unspecified atom stereocenters. The van der Waals surface area contributed by atoms with Crippen molar-refractivity contribution in [2.24, 2.45) is 0 Å². The van der Waals surface area contributed by atoms with Gasteiger partial charge in [-0.2, -0.15) is 0 Å². The highest BCUT2D eigenvalue weighted by Gasteiger charge is 2.30. The van der Waals surface area contributed by atoms with Crippen molar-refractivity contribution in [3.63, 3.8) is 0 Å². The van der Waals surface area contributed by atoms with E-state index in [1.54, 1.807) is 13.0 Å². The lowest BCUT2D eigenvalue weighted by molar-refractivity contribution is -0.385. The molecular formula is C14H18N2O5. The number of carbonyl (C=O) groups excluding carboxylic acids is 1. The van der Waals surface area contributed by atoms with E-state index >= 15 is 0 Å². The number of hydrogen-bond acceptors (Lipinski definition) is 6. The monoisotopic (exact) mass is 294 g/mol.